The summed E-state index contributed by atoms with van der Waals surface area (Å²) in [4.78, 5) is 14.8. The molecule has 1 aliphatic heterocycles. The molecule has 5 nitrogen and oxygen atoms in total. The van der Waals surface area contributed by atoms with Crippen LogP contribution in [-0.4, -0.2) is 37.0 Å². The monoisotopic (exact) mass is 418 g/mol. The Kier molecular flexibility index (Phi) is 7.25. The smallest absolute Gasteiger partial charge is 0.258 e. The molecule has 3 rings (SSSR count). The zero-order valence-corrected chi connectivity index (χ0v) is 18.5. The number of nitrogens with zero attached hydrogens (tertiary/aromatic N) is 1. The highest BCUT2D eigenvalue weighted by Crippen LogP contribution is 2.28. The average Bonchev–Trinajstić information content (AvgIpc) is 3.12. The summed E-state index contributed by atoms with van der Waals surface area (Å²) >= 11 is 6.19. The van der Waals surface area contributed by atoms with Crippen LogP contribution in [-0.2, 0) is 4.79 Å². The molecule has 2 heterocycles. The molecule has 0 saturated carbocycles. The van der Waals surface area contributed by atoms with Crippen molar-refractivity contribution in [1.82, 2.24) is 10.2 Å². The molecule has 1 saturated heterocycles. The minimum absolute atomic E-state index is 0.0263. The minimum Gasteiger partial charge on any atom is -0.484 e. The molecule has 29 heavy (non-hydrogen) atoms. The molecule has 0 unspecified atom stereocenters. The Morgan fingerprint density at radius 3 is 2.48 bits per heavy atom. The lowest BCUT2D eigenvalue weighted by molar-refractivity contribution is -0.123. The van der Waals surface area contributed by atoms with Crippen LogP contribution in [0.2, 0.25) is 5.02 Å². The van der Waals surface area contributed by atoms with E-state index in [1.54, 1.807) is 0 Å². The zero-order chi connectivity index (χ0) is 21.0. The van der Waals surface area contributed by atoms with E-state index < -0.39 is 0 Å². The van der Waals surface area contributed by atoms with Crippen LogP contribution in [0.15, 0.2) is 28.7 Å². The van der Waals surface area contributed by atoms with Crippen LogP contribution < -0.4 is 10.1 Å². The summed E-state index contributed by atoms with van der Waals surface area (Å²) in [7, 11) is 0. The van der Waals surface area contributed by atoms with Crippen molar-refractivity contribution in [2.75, 3.05) is 26.2 Å². The standard InChI is InChI=1S/C23H31ClN2O3/c1-15-7-9-26(10-8-15)20(21-6-5-18(4)29-21)13-25-22(27)14-28-19-11-16(2)23(24)17(3)12-19/h5-6,11-12,15,20H,7-10,13-14H2,1-4H3,(H,25,27)/t20-/m0/s1. The van der Waals surface area contributed by atoms with E-state index in [-0.39, 0.29) is 18.6 Å². The van der Waals surface area contributed by atoms with E-state index in [0.29, 0.717) is 12.3 Å². The molecule has 0 aliphatic carbocycles. The lowest BCUT2D eigenvalue weighted by atomic mass is 9.97. The molecule has 1 aliphatic rings. The molecule has 0 radical (unpaired) electrons. The molecule has 0 spiro atoms. The fraction of sp³-hybridized carbons (Fsp3) is 0.522. The van der Waals surface area contributed by atoms with Gasteiger partial charge in [-0.3, -0.25) is 9.69 Å². The Morgan fingerprint density at radius 1 is 1.24 bits per heavy atom. The van der Waals surface area contributed by atoms with E-state index in [4.69, 9.17) is 20.8 Å². The van der Waals surface area contributed by atoms with Gasteiger partial charge in [0.05, 0.1) is 6.04 Å². The lowest BCUT2D eigenvalue weighted by Gasteiger charge is -2.35. The van der Waals surface area contributed by atoms with Crippen molar-refractivity contribution >= 4 is 17.5 Å². The van der Waals surface area contributed by atoms with Crippen LogP contribution >= 0.6 is 11.6 Å². The quantitative estimate of drug-likeness (QED) is 0.699. The maximum absolute atomic E-state index is 12.4. The van der Waals surface area contributed by atoms with Crippen LogP contribution in [0.1, 0.15) is 48.5 Å². The largest absolute Gasteiger partial charge is 0.484 e. The number of piperidine rings is 1. The van der Waals surface area contributed by atoms with Crippen molar-refractivity contribution < 1.29 is 13.9 Å². The number of halogens is 1. The SMILES string of the molecule is Cc1ccc([C@H](CNC(=O)COc2cc(C)c(Cl)c(C)c2)N2CCC(C)CC2)o1. The van der Waals surface area contributed by atoms with Gasteiger partial charge in [0.25, 0.3) is 5.91 Å². The Bertz CT molecular complexity index is 817. The van der Waals surface area contributed by atoms with Crippen molar-refractivity contribution in [3.05, 3.63) is 51.9 Å². The molecule has 6 heteroatoms. The molecule has 1 amide bonds. The highest BCUT2D eigenvalue weighted by molar-refractivity contribution is 6.32. The fourth-order valence-corrected chi connectivity index (χ4v) is 3.89. The van der Waals surface area contributed by atoms with E-state index in [1.807, 2.05) is 45.0 Å². The first kappa shape index (κ1) is 21.7. The number of furan rings is 1. The molecule has 158 valence electrons. The first-order valence-corrected chi connectivity index (χ1v) is 10.7. The van der Waals surface area contributed by atoms with Gasteiger partial charge in [0.2, 0.25) is 0 Å². The lowest BCUT2D eigenvalue weighted by Crippen LogP contribution is -2.42. The van der Waals surface area contributed by atoms with Gasteiger partial charge < -0.3 is 14.5 Å². The van der Waals surface area contributed by atoms with Gasteiger partial charge in [-0.25, -0.2) is 0 Å². The van der Waals surface area contributed by atoms with Gasteiger partial charge in [0.1, 0.15) is 17.3 Å². The predicted octanol–water partition coefficient (Wildman–Crippen LogP) is 4.83. The van der Waals surface area contributed by atoms with Crippen LogP contribution in [0.5, 0.6) is 5.75 Å². The zero-order valence-electron chi connectivity index (χ0n) is 17.8. The van der Waals surface area contributed by atoms with Crippen LogP contribution in [0.3, 0.4) is 0 Å². The molecule has 1 aromatic carbocycles. The third-order valence-electron chi connectivity index (χ3n) is 5.62. The van der Waals surface area contributed by atoms with Gasteiger partial charge in [0.15, 0.2) is 6.61 Å². The summed E-state index contributed by atoms with van der Waals surface area (Å²) in [6, 6.07) is 7.74. The van der Waals surface area contributed by atoms with Crippen LogP contribution in [0.25, 0.3) is 0 Å². The molecule has 0 bridgehead atoms. The van der Waals surface area contributed by atoms with E-state index in [2.05, 4.69) is 17.1 Å². The maximum atomic E-state index is 12.4. The van der Waals surface area contributed by atoms with Gasteiger partial charge in [-0.1, -0.05) is 18.5 Å². The molecular formula is C23H31ClN2O3. The first-order chi connectivity index (χ1) is 13.8. The maximum Gasteiger partial charge on any atom is 0.258 e. The van der Waals surface area contributed by atoms with E-state index >= 15 is 0 Å². The third-order valence-corrected chi connectivity index (χ3v) is 6.22. The second-order valence-electron chi connectivity index (χ2n) is 8.15. The van der Waals surface area contributed by atoms with E-state index in [0.717, 1.165) is 46.7 Å². The highest BCUT2D eigenvalue weighted by Gasteiger charge is 2.27. The average molecular weight is 419 g/mol. The van der Waals surface area contributed by atoms with Gasteiger partial charge in [0, 0.05) is 11.6 Å². The number of ether oxygens (including phenoxy) is 1. The number of benzene rings is 1. The number of nitrogens with one attached hydrogen (secondary N) is 1. The second kappa shape index (κ2) is 9.68. The first-order valence-electron chi connectivity index (χ1n) is 10.3. The summed E-state index contributed by atoms with van der Waals surface area (Å²) in [5, 5.41) is 3.75. The van der Waals surface area contributed by atoms with Crippen LogP contribution in [0, 0.1) is 26.7 Å². The van der Waals surface area contributed by atoms with Gasteiger partial charge >= 0.3 is 0 Å². The fourth-order valence-electron chi connectivity index (χ4n) is 3.78. The molecule has 2 aromatic rings. The van der Waals surface area contributed by atoms with E-state index in [9.17, 15) is 4.79 Å². The topological polar surface area (TPSA) is 54.7 Å². The highest BCUT2D eigenvalue weighted by atomic mass is 35.5. The number of aryl methyl sites for hydroxylation is 3. The summed E-state index contributed by atoms with van der Waals surface area (Å²) in [6.45, 7) is 10.6. The van der Waals surface area contributed by atoms with Crippen molar-refractivity contribution in [1.29, 1.82) is 0 Å². The molecule has 1 N–H and O–H groups in total. The molecule has 1 atom stereocenters. The number of rotatable bonds is 7. The third kappa shape index (κ3) is 5.77. The van der Waals surface area contributed by atoms with Crippen molar-refractivity contribution in [2.45, 2.75) is 46.6 Å². The number of likely N-dealkylation sites (tertiary alicyclic amines) is 1. The molecule has 1 fully saturated rings. The number of carbonyl (C=O) groups excluding carboxylic acids is 1. The summed E-state index contributed by atoms with van der Waals surface area (Å²) in [5.41, 5.74) is 1.88. The van der Waals surface area contributed by atoms with Crippen molar-refractivity contribution in [3.63, 3.8) is 0 Å². The Balaban J connectivity index is 1.58. The van der Waals surface area contributed by atoms with Crippen LogP contribution in [0.4, 0.5) is 0 Å². The Labute approximate surface area is 178 Å². The summed E-state index contributed by atoms with van der Waals surface area (Å²) < 4.78 is 11.6. The number of amides is 1. The van der Waals surface area contributed by atoms with Crippen molar-refractivity contribution in [2.24, 2.45) is 5.92 Å². The van der Waals surface area contributed by atoms with E-state index in [1.165, 1.54) is 12.8 Å². The number of hydrogen-bond acceptors (Lipinski definition) is 4. The Hall–Kier alpha value is -1.98. The van der Waals surface area contributed by atoms with Crippen molar-refractivity contribution in [3.8, 4) is 5.75 Å². The minimum atomic E-state index is -0.145. The normalized spacial score (nSPS) is 16.6. The van der Waals surface area contributed by atoms with Gasteiger partial charge in [-0.15, -0.1) is 0 Å². The molecular weight excluding hydrogens is 388 g/mol. The number of carbonyl (C=O) groups is 1. The molecule has 1 aromatic heterocycles. The summed E-state index contributed by atoms with van der Waals surface area (Å²) in [6.07, 6.45) is 2.34. The Morgan fingerprint density at radius 2 is 1.90 bits per heavy atom. The predicted molar refractivity (Wildman–Crippen MR) is 116 cm³/mol. The van der Waals surface area contributed by atoms with Gasteiger partial charge in [-0.2, -0.15) is 0 Å². The number of hydrogen-bond donors (Lipinski definition) is 1. The second-order valence-corrected chi connectivity index (χ2v) is 8.52. The summed E-state index contributed by atoms with van der Waals surface area (Å²) in [5.74, 6) is 3.05. The van der Waals surface area contributed by atoms with Gasteiger partial charge in [-0.05, 0) is 88.0 Å².